The Morgan fingerprint density at radius 1 is 1.08 bits per heavy atom. The fourth-order valence-electron chi connectivity index (χ4n) is 3.07. The molecule has 2 N–H and O–H groups in total. The molecule has 0 unspecified atom stereocenters. The van der Waals surface area contributed by atoms with Crippen LogP contribution in [0.5, 0.6) is 0 Å². The summed E-state index contributed by atoms with van der Waals surface area (Å²) in [6.45, 7) is -0.0869. The number of carbonyl (C=O) groups is 1. The molecule has 0 bridgehead atoms. The first kappa shape index (κ1) is 16.0. The maximum absolute atomic E-state index is 11.7. The first-order chi connectivity index (χ1) is 11.6. The molecule has 0 radical (unpaired) electrons. The van der Waals surface area contributed by atoms with Gasteiger partial charge in [0.1, 0.15) is 0 Å². The summed E-state index contributed by atoms with van der Waals surface area (Å²) in [7, 11) is 1.87. The summed E-state index contributed by atoms with van der Waals surface area (Å²) in [5.74, 6) is -0.930. The molecule has 4 heteroatoms. The average molecular weight is 321 g/mol. The third-order valence-electron chi connectivity index (χ3n) is 4.30. The molecule has 3 aromatic rings. The maximum Gasteiger partial charge on any atom is 0.338 e. The smallest absolute Gasteiger partial charge is 0.338 e. The number of rotatable bonds is 5. The first-order valence-corrected chi connectivity index (χ1v) is 7.78. The number of hydrogen-bond donors (Lipinski definition) is 2. The summed E-state index contributed by atoms with van der Waals surface area (Å²) >= 11 is 0. The highest BCUT2D eigenvalue weighted by atomic mass is 16.4. The predicted octanol–water partition coefficient (Wildman–Crippen LogP) is 3.49. The summed E-state index contributed by atoms with van der Waals surface area (Å²) in [6, 6.07) is 17.1. The van der Waals surface area contributed by atoms with E-state index in [-0.39, 0.29) is 6.61 Å². The SMILES string of the molecule is Cn1c(C/C=C(\CO)c2ccccc2)c(C(=O)O)c2ccccc21. The number of benzene rings is 2. The van der Waals surface area contributed by atoms with Crippen molar-refractivity contribution in [3.63, 3.8) is 0 Å². The highest BCUT2D eigenvalue weighted by molar-refractivity contribution is 6.05. The standard InChI is InChI=1S/C20H19NO3/c1-21-17-10-6-5-9-16(17)19(20(23)24)18(21)12-11-15(13-22)14-7-3-2-4-8-14/h2-11,22H,12-13H2,1H3,(H,23,24)/b15-11+. The van der Waals surface area contributed by atoms with Crippen LogP contribution in [-0.4, -0.2) is 27.4 Å². The van der Waals surface area contributed by atoms with Crippen molar-refractivity contribution in [2.45, 2.75) is 6.42 Å². The highest BCUT2D eigenvalue weighted by Gasteiger charge is 2.19. The van der Waals surface area contributed by atoms with Crippen molar-refractivity contribution in [1.29, 1.82) is 0 Å². The Kier molecular flexibility index (Phi) is 4.49. The van der Waals surface area contributed by atoms with E-state index in [1.54, 1.807) is 0 Å². The molecule has 24 heavy (non-hydrogen) atoms. The normalized spacial score (nSPS) is 11.8. The van der Waals surface area contributed by atoms with Crippen LogP contribution in [0.15, 0.2) is 60.7 Å². The zero-order chi connectivity index (χ0) is 17.1. The second kappa shape index (κ2) is 6.72. The average Bonchev–Trinajstić information content (AvgIpc) is 2.89. The van der Waals surface area contributed by atoms with E-state index in [0.717, 1.165) is 27.7 Å². The largest absolute Gasteiger partial charge is 0.478 e. The maximum atomic E-state index is 11.7. The highest BCUT2D eigenvalue weighted by Crippen LogP contribution is 2.27. The molecule has 122 valence electrons. The van der Waals surface area contributed by atoms with E-state index in [0.29, 0.717) is 12.0 Å². The van der Waals surface area contributed by atoms with E-state index in [4.69, 9.17) is 0 Å². The number of aliphatic hydroxyl groups is 1. The first-order valence-electron chi connectivity index (χ1n) is 7.78. The minimum atomic E-state index is -0.930. The predicted molar refractivity (Wildman–Crippen MR) is 95.1 cm³/mol. The lowest BCUT2D eigenvalue weighted by Crippen LogP contribution is -2.04. The molecule has 1 aromatic heterocycles. The molecule has 0 fully saturated rings. The van der Waals surface area contributed by atoms with E-state index >= 15 is 0 Å². The molecule has 0 saturated heterocycles. The van der Waals surface area contributed by atoms with Crippen LogP contribution in [0.2, 0.25) is 0 Å². The molecule has 0 spiro atoms. The lowest BCUT2D eigenvalue weighted by atomic mass is 10.0. The fraction of sp³-hybridized carbons (Fsp3) is 0.150. The number of carboxylic acid groups (broad SMARTS) is 1. The number of fused-ring (bicyclic) bond motifs is 1. The molecule has 0 amide bonds. The number of nitrogens with zero attached hydrogens (tertiary/aromatic N) is 1. The van der Waals surface area contributed by atoms with Crippen LogP contribution in [0, 0.1) is 0 Å². The molecule has 0 aliphatic rings. The zero-order valence-electron chi connectivity index (χ0n) is 13.4. The fourth-order valence-corrected chi connectivity index (χ4v) is 3.07. The van der Waals surface area contributed by atoms with Crippen molar-refractivity contribution in [3.05, 3.63) is 77.5 Å². The Morgan fingerprint density at radius 2 is 1.75 bits per heavy atom. The van der Waals surface area contributed by atoms with Gasteiger partial charge in [0, 0.05) is 30.1 Å². The third-order valence-corrected chi connectivity index (χ3v) is 4.30. The molecule has 0 aliphatic heterocycles. The molecule has 0 aliphatic carbocycles. The van der Waals surface area contributed by atoms with Gasteiger partial charge in [0.25, 0.3) is 0 Å². The Bertz CT molecular complexity index is 907. The minimum absolute atomic E-state index is 0.0869. The number of carboxylic acids is 1. The zero-order valence-corrected chi connectivity index (χ0v) is 13.4. The minimum Gasteiger partial charge on any atom is -0.478 e. The summed E-state index contributed by atoms with van der Waals surface area (Å²) in [6.07, 6.45) is 2.34. The Hall–Kier alpha value is -2.85. The van der Waals surface area contributed by atoms with Gasteiger partial charge in [0.05, 0.1) is 12.2 Å². The number of aryl methyl sites for hydroxylation is 1. The van der Waals surface area contributed by atoms with Crippen molar-refractivity contribution < 1.29 is 15.0 Å². The van der Waals surface area contributed by atoms with Crippen LogP contribution in [0.25, 0.3) is 16.5 Å². The van der Waals surface area contributed by atoms with E-state index in [9.17, 15) is 15.0 Å². The molecule has 0 atom stereocenters. The summed E-state index contributed by atoms with van der Waals surface area (Å²) in [5.41, 5.74) is 3.68. The van der Waals surface area contributed by atoms with Crippen LogP contribution in [-0.2, 0) is 13.5 Å². The quantitative estimate of drug-likeness (QED) is 0.756. The molecular formula is C20H19NO3. The Morgan fingerprint density at radius 3 is 2.42 bits per heavy atom. The Balaban J connectivity index is 2.07. The second-order valence-electron chi connectivity index (χ2n) is 5.66. The van der Waals surface area contributed by atoms with Crippen LogP contribution < -0.4 is 0 Å². The number of aromatic nitrogens is 1. The van der Waals surface area contributed by atoms with Gasteiger partial charge in [-0.25, -0.2) is 4.79 Å². The molecule has 1 heterocycles. The number of aliphatic hydroxyl groups excluding tert-OH is 1. The molecule has 0 saturated carbocycles. The third kappa shape index (κ3) is 2.84. The van der Waals surface area contributed by atoms with E-state index in [1.807, 2.05) is 72.3 Å². The van der Waals surface area contributed by atoms with Crippen LogP contribution in [0.4, 0.5) is 0 Å². The van der Waals surface area contributed by atoms with Gasteiger partial charge in [-0.05, 0) is 17.2 Å². The Labute approximate surface area is 140 Å². The van der Waals surface area contributed by atoms with Crippen molar-refractivity contribution in [2.24, 2.45) is 7.05 Å². The van der Waals surface area contributed by atoms with Crippen molar-refractivity contribution in [2.75, 3.05) is 6.61 Å². The van der Waals surface area contributed by atoms with Gasteiger partial charge in [0.15, 0.2) is 0 Å². The lowest BCUT2D eigenvalue weighted by molar-refractivity contribution is 0.0697. The number of para-hydroxylation sites is 1. The van der Waals surface area contributed by atoms with Gasteiger partial charge in [-0.3, -0.25) is 0 Å². The van der Waals surface area contributed by atoms with E-state index in [1.165, 1.54) is 0 Å². The van der Waals surface area contributed by atoms with Crippen LogP contribution in [0.3, 0.4) is 0 Å². The van der Waals surface area contributed by atoms with Gasteiger partial charge in [-0.2, -0.15) is 0 Å². The second-order valence-corrected chi connectivity index (χ2v) is 5.66. The molecule has 4 nitrogen and oxygen atoms in total. The van der Waals surface area contributed by atoms with Crippen LogP contribution >= 0.6 is 0 Å². The summed E-state index contributed by atoms with van der Waals surface area (Å²) in [5, 5.41) is 20.0. The van der Waals surface area contributed by atoms with E-state index in [2.05, 4.69) is 0 Å². The van der Waals surface area contributed by atoms with Gasteiger partial charge < -0.3 is 14.8 Å². The molecule has 3 rings (SSSR count). The summed E-state index contributed by atoms with van der Waals surface area (Å²) < 4.78 is 1.91. The van der Waals surface area contributed by atoms with Gasteiger partial charge in [0.2, 0.25) is 0 Å². The topological polar surface area (TPSA) is 62.5 Å². The number of hydrogen-bond acceptors (Lipinski definition) is 2. The van der Waals surface area contributed by atoms with Crippen molar-refractivity contribution in [1.82, 2.24) is 4.57 Å². The van der Waals surface area contributed by atoms with Crippen LogP contribution in [0.1, 0.15) is 21.6 Å². The van der Waals surface area contributed by atoms with Gasteiger partial charge in [-0.15, -0.1) is 0 Å². The lowest BCUT2D eigenvalue weighted by Gasteiger charge is -2.07. The molecule has 2 aromatic carbocycles. The number of aromatic carboxylic acids is 1. The summed E-state index contributed by atoms with van der Waals surface area (Å²) in [4.78, 5) is 11.7. The number of allylic oxidation sites excluding steroid dienone is 1. The van der Waals surface area contributed by atoms with Crippen molar-refractivity contribution >= 4 is 22.4 Å². The van der Waals surface area contributed by atoms with Crippen molar-refractivity contribution in [3.8, 4) is 0 Å². The molecular weight excluding hydrogens is 302 g/mol. The van der Waals surface area contributed by atoms with E-state index < -0.39 is 5.97 Å². The van der Waals surface area contributed by atoms with Gasteiger partial charge >= 0.3 is 5.97 Å². The monoisotopic (exact) mass is 321 g/mol. The van der Waals surface area contributed by atoms with Gasteiger partial charge in [-0.1, -0.05) is 54.6 Å².